The van der Waals surface area contributed by atoms with Crippen LogP contribution in [0, 0.1) is 5.82 Å². The van der Waals surface area contributed by atoms with Crippen LogP contribution in [0.4, 0.5) is 9.18 Å². The van der Waals surface area contributed by atoms with Gasteiger partial charge in [0.2, 0.25) is 0 Å². The van der Waals surface area contributed by atoms with E-state index in [4.69, 9.17) is 9.84 Å². The smallest absolute Gasteiger partial charge is 0.410 e. The van der Waals surface area contributed by atoms with Gasteiger partial charge in [-0.05, 0) is 17.7 Å². The molecule has 0 aromatic heterocycles. The maximum atomic E-state index is 13.0. The molecule has 1 fully saturated rings. The molecule has 1 unspecified atom stereocenters. The van der Waals surface area contributed by atoms with E-state index in [1.165, 1.54) is 17.0 Å². The summed E-state index contributed by atoms with van der Waals surface area (Å²) in [5.74, 6) is -0.337. The van der Waals surface area contributed by atoms with E-state index in [-0.39, 0.29) is 19.0 Å². The Morgan fingerprint density at radius 1 is 1.53 bits per heavy atom. The molecule has 1 aliphatic heterocycles. The molecule has 1 heterocycles. The lowest BCUT2D eigenvalue weighted by atomic mass is 10.1. The third-order valence-corrected chi connectivity index (χ3v) is 2.75. The van der Waals surface area contributed by atoms with E-state index in [0.29, 0.717) is 18.5 Å². The fraction of sp³-hybridized carbons (Fsp3) is 0.417. The van der Waals surface area contributed by atoms with Crippen molar-refractivity contribution < 1.29 is 19.0 Å². The summed E-state index contributed by atoms with van der Waals surface area (Å²) >= 11 is 0. The standard InChI is InChI=1S/C12H14FNO3/c13-10-3-1-2-9(8-10)11-4-5-14(6-7-15)12(16)17-11/h1-3,8,11,15H,4-7H2. The van der Waals surface area contributed by atoms with Crippen LogP contribution in [-0.4, -0.2) is 35.8 Å². The number of β-amino-alcohol motifs (C(OH)–C–C–N with tert-alkyl or cyclic N) is 1. The van der Waals surface area contributed by atoms with E-state index in [2.05, 4.69) is 0 Å². The number of aliphatic hydroxyl groups is 1. The Hall–Kier alpha value is -1.62. The fourth-order valence-electron chi connectivity index (χ4n) is 1.88. The highest BCUT2D eigenvalue weighted by Gasteiger charge is 2.27. The van der Waals surface area contributed by atoms with Gasteiger partial charge >= 0.3 is 6.09 Å². The lowest BCUT2D eigenvalue weighted by Crippen LogP contribution is -2.40. The van der Waals surface area contributed by atoms with Crippen molar-refractivity contribution >= 4 is 6.09 Å². The molecule has 17 heavy (non-hydrogen) atoms. The van der Waals surface area contributed by atoms with Crippen molar-refractivity contribution in [2.45, 2.75) is 12.5 Å². The zero-order valence-electron chi connectivity index (χ0n) is 9.30. The van der Waals surface area contributed by atoms with E-state index >= 15 is 0 Å². The van der Waals surface area contributed by atoms with Crippen molar-refractivity contribution in [1.29, 1.82) is 0 Å². The number of nitrogens with zero attached hydrogens (tertiary/aromatic N) is 1. The lowest BCUT2D eigenvalue weighted by molar-refractivity contribution is 0.0194. The number of carbonyl (C=O) groups excluding carboxylic acids is 1. The van der Waals surface area contributed by atoms with Crippen molar-refractivity contribution in [3.8, 4) is 0 Å². The molecule has 5 heteroatoms. The molecule has 4 nitrogen and oxygen atoms in total. The van der Waals surface area contributed by atoms with E-state index in [1.54, 1.807) is 12.1 Å². The minimum absolute atomic E-state index is 0.0836. The molecular weight excluding hydrogens is 225 g/mol. The van der Waals surface area contributed by atoms with E-state index in [0.717, 1.165) is 0 Å². The number of halogens is 1. The van der Waals surface area contributed by atoms with Crippen LogP contribution in [0.15, 0.2) is 24.3 Å². The molecular formula is C12H14FNO3. The number of ether oxygens (including phenoxy) is 1. The SMILES string of the molecule is O=C1OC(c2cccc(F)c2)CCN1CCO. The van der Waals surface area contributed by atoms with Crippen LogP contribution >= 0.6 is 0 Å². The molecule has 0 saturated carbocycles. The van der Waals surface area contributed by atoms with E-state index in [1.807, 2.05) is 0 Å². The molecule has 0 bridgehead atoms. The van der Waals surface area contributed by atoms with E-state index in [9.17, 15) is 9.18 Å². The van der Waals surface area contributed by atoms with Crippen molar-refractivity contribution in [1.82, 2.24) is 4.90 Å². The first-order valence-electron chi connectivity index (χ1n) is 5.52. The summed E-state index contributed by atoms with van der Waals surface area (Å²) in [6, 6.07) is 6.06. The topological polar surface area (TPSA) is 49.8 Å². The van der Waals surface area contributed by atoms with Crippen LogP contribution in [0.1, 0.15) is 18.1 Å². The number of amides is 1. The second-order valence-corrected chi connectivity index (χ2v) is 3.93. The monoisotopic (exact) mass is 239 g/mol. The average Bonchev–Trinajstić information content (AvgIpc) is 2.32. The third kappa shape index (κ3) is 2.74. The van der Waals surface area contributed by atoms with Gasteiger partial charge < -0.3 is 14.7 Å². The van der Waals surface area contributed by atoms with Crippen LogP contribution in [0.5, 0.6) is 0 Å². The molecule has 1 N–H and O–H groups in total. The van der Waals surface area contributed by atoms with Gasteiger partial charge in [-0.1, -0.05) is 12.1 Å². The predicted molar refractivity (Wildman–Crippen MR) is 58.9 cm³/mol. The number of benzene rings is 1. The second-order valence-electron chi connectivity index (χ2n) is 3.93. The molecule has 1 atom stereocenters. The number of carbonyl (C=O) groups is 1. The van der Waals surface area contributed by atoms with Crippen LogP contribution in [-0.2, 0) is 4.74 Å². The van der Waals surface area contributed by atoms with Gasteiger partial charge in [0.25, 0.3) is 0 Å². The molecule has 92 valence electrons. The summed E-state index contributed by atoms with van der Waals surface area (Å²) in [6.45, 7) is 0.703. The highest BCUT2D eigenvalue weighted by Crippen LogP contribution is 2.26. The van der Waals surface area contributed by atoms with Crippen LogP contribution in [0.3, 0.4) is 0 Å². The predicted octanol–water partition coefficient (Wildman–Crippen LogP) is 1.70. The molecule has 0 spiro atoms. The summed E-state index contributed by atoms with van der Waals surface area (Å²) in [5, 5.41) is 8.76. The summed E-state index contributed by atoms with van der Waals surface area (Å²) in [7, 11) is 0. The van der Waals surface area contributed by atoms with Gasteiger partial charge in [0, 0.05) is 19.5 Å². The Kier molecular flexibility index (Phi) is 3.58. The van der Waals surface area contributed by atoms with Gasteiger partial charge in [0.05, 0.1) is 6.61 Å². The summed E-state index contributed by atoms with van der Waals surface area (Å²) in [5.41, 5.74) is 0.669. The number of hydrogen-bond acceptors (Lipinski definition) is 3. The van der Waals surface area contributed by atoms with Crippen molar-refractivity contribution in [2.75, 3.05) is 19.7 Å². The van der Waals surface area contributed by atoms with Gasteiger partial charge in [-0.25, -0.2) is 9.18 Å². The molecule has 0 aliphatic carbocycles. The highest BCUT2D eigenvalue weighted by molar-refractivity contribution is 5.68. The van der Waals surface area contributed by atoms with Gasteiger partial charge in [0.15, 0.2) is 0 Å². The number of aliphatic hydroxyl groups excluding tert-OH is 1. The molecule has 1 amide bonds. The van der Waals surface area contributed by atoms with Crippen molar-refractivity contribution in [2.24, 2.45) is 0 Å². The zero-order valence-corrected chi connectivity index (χ0v) is 9.30. The van der Waals surface area contributed by atoms with E-state index < -0.39 is 12.2 Å². The average molecular weight is 239 g/mol. The highest BCUT2D eigenvalue weighted by atomic mass is 19.1. The third-order valence-electron chi connectivity index (χ3n) is 2.75. The minimum Gasteiger partial charge on any atom is -0.441 e. The zero-order chi connectivity index (χ0) is 12.3. The maximum absolute atomic E-state index is 13.0. The molecule has 0 radical (unpaired) electrons. The fourth-order valence-corrected chi connectivity index (χ4v) is 1.88. The first kappa shape index (κ1) is 11.9. The van der Waals surface area contributed by atoms with Crippen LogP contribution in [0.25, 0.3) is 0 Å². The Morgan fingerprint density at radius 2 is 2.35 bits per heavy atom. The second kappa shape index (κ2) is 5.14. The van der Waals surface area contributed by atoms with Gasteiger partial charge in [-0.15, -0.1) is 0 Å². The molecule has 1 aromatic rings. The van der Waals surface area contributed by atoms with Crippen LogP contribution in [0.2, 0.25) is 0 Å². The Morgan fingerprint density at radius 3 is 3.00 bits per heavy atom. The lowest BCUT2D eigenvalue weighted by Gasteiger charge is -2.31. The Balaban J connectivity index is 2.04. The number of cyclic esters (lactones) is 1. The number of hydrogen-bond donors (Lipinski definition) is 1. The summed E-state index contributed by atoms with van der Waals surface area (Å²) in [6.07, 6.45) is -0.248. The van der Waals surface area contributed by atoms with Crippen LogP contribution < -0.4 is 0 Å². The molecule has 1 aliphatic rings. The summed E-state index contributed by atoms with van der Waals surface area (Å²) in [4.78, 5) is 13.0. The number of rotatable bonds is 3. The maximum Gasteiger partial charge on any atom is 0.410 e. The van der Waals surface area contributed by atoms with Crippen molar-refractivity contribution in [3.05, 3.63) is 35.6 Å². The van der Waals surface area contributed by atoms with Gasteiger partial charge in [-0.3, -0.25) is 0 Å². The molecule has 1 saturated heterocycles. The first-order valence-corrected chi connectivity index (χ1v) is 5.52. The Labute approximate surface area is 98.6 Å². The van der Waals surface area contributed by atoms with Crippen molar-refractivity contribution in [3.63, 3.8) is 0 Å². The normalized spacial score (nSPS) is 20.2. The molecule has 2 rings (SSSR count). The first-order chi connectivity index (χ1) is 8.20. The Bertz CT molecular complexity index is 410. The largest absolute Gasteiger partial charge is 0.441 e. The minimum atomic E-state index is -0.459. The quantitative estimate of drug-likeness (QED) is 0.873. The van der Waals surface area contributed by atoms with Gasteiger partial charge in [0.1, 0.15) is 11.9 Å². The van der Waals surface area contributed by atoms with Gasteiger partial charge in [-0.2, -0.15) is 0 Å². The molecule has 1 aromatic carbocycles. The summed E-state index contributed by atoms with van der Waals surface area (Å²) < 4.78 is 18.2.